The van der Waals surface area contributed by atoms with Crippen LogP contribution < -0.4 is 14.2 Å². The van der Waals surface area contributed by atoms with Gasteiger partial charge in [-0.05, 0) is 51.7 Å². The van der Waals surface area contributed by atoms with E-state index in [9.17, 15) is 4.79 Å². The summed E-state index contributed by atoms with van der Waals surface area (Å²) in [5.41, 5.74) is 0.577. The van der Waals surface area contributed by atoms with E-state index in [1.54, 1.807) is 33.5 Å². The molecule has 2 aliphatic heterocycles. The van der Waals surface area contributed by atoms with Crippen LogP contribution in [0.15, 0.2) is 12.1 Å². The van der Waals surface area contributed by atoms with E-state index in [1.807, 2.05) is 4.90 Å². The first-order chi connectivity index (χ1) is 13.0. The first kappa shape index (κ1) is 19.8. The fourth-order valence-electron chi connectivity index (χ4n) is 4.70. The van der Waals surface area contributed by atoms with Crippen LogP contribution in [0.3, 0.4) is 0 Å². The highest BCUT2D eigenvalue weighted by Gasteiger charge is 2.36. The maximum absolute atomic E-state index is 13.2. The molecule has 0 radical (unpaired) electrons. The second kappa shape index (κ2) is 8.38. The van der Waals surface area contributed by atoms with Gasteiger partial charge in [0.2, 0.25) is 5.75 Å². The third kappa shape index (κ3) is 3.86. The Hall–Kier alpha value is -1.95. The Morgan fingerprint density at radius 3 is 2.07 bits per heavy atom. The zero-order chi connectivity index (χ0) is 19.6. The molecule has 27 heavy (non-hydrogen) atoms. The van der Waals surface area contributed by atoms with Crippen molar-refractivity contribution in [3.8, 4) is 17.2 Å². The summed E-state index contributed by atoms with van der Waals surface area (Å²) in [7, 11) is 4.70. The van der Waals surface area contributed by atoms with Gasteiger partial charge >= 0.3 is 0 Å². The minimum atomic E-state index is 0.0263. The number of ether oxygens (including phenoxy) is 3. The summed E-state index contributed by atoms with van der Waals surface area (Å²) >= 11 is 0. The lowest BCUT2D eigenvalue weighted by Crippen LogP contribution is -2.52. The van der Waals surface area contributed by atoms with Crippen molar-refractivity contribution in [3.05, 3.63) is 17.7 Å². The number of nitrogens with zero attached hydrogens (tertiary/aromatic N) is 2. The van der Waals surface area contributed by atoms with Crippen LogP contribution in [0.4, 0.5) is 0 Å². The van der Waals surface area contributed by atoms with Crippen LogP contribution in [-0.2, 0) is 0 Å². The number of rotatable bonds is 5. The van der Waals surface area contributed by atoms with Gasteiger partial charge in [-0.1, -0.05) is 0 Å². The summed E-state index contributed by atoms with van der Waals surface area (Å²) in [6, 6.07) is 5.13. The average Bonchev–Trinajstić information content (AvgIpc) is 3.04. The van der Waals surface area contributed by atoms with E-state index in [0.29, 0.717) is 40.9 Å². The standard InChI is InChI=1S/C21H32N2O4/c1-14-8-9-15(2)23(14)17-7-6-10-22(13-17)21(24)16-11-18(25-3)20(27-5)19(12-16)26-4/h11-12,14-15,17H,6-10,13H2,1-5H3/t14-,15+,17-/m0/s1. The predicted octanol–water partition coefficient (Wildman–Crippen LogP) is 3.19. The Balaban J connectivity index is 1.81. The minimum absolute atomic E-state index is 0.0263. The molecule has 3 atom stereocenters. The Morgan fingerprint density at radius 2 is 1.56 bits per heavy atom. The van der Waals surface area contributed by atoms with Gasteiger partial charge in [-0.15, -0.1) is 0 Å². The number of carbonyl (C=O) groups excluding carboxylic acids is 1. The fraction of sp³-hybridized carbons (Fsp3) is 0.667. The maximum atomic E-state index is 13.2. The van der Waals surface area contributed by atoms with E-state index in [2.05, 4.69) is 18.7 Å². The van der Waals surface area contributed by atoms with Crippen molar-refractivity contribution in [2.45, 2.75) is 57.7 Å². The first-order valence-corrected chi connectivity index (χ1v) is 9.86. The molecule has 2 saturated heterocycles. The minimum Gasteiger partial charge on any atom is -0.493 e. The summed E-state index contributed by atoms with van der Waals surface area (Å²) in [5.74, 6) is 1.55. The summed E-state index contributed by atoms with van der Waals surface area (Å²) < 4.78 is 16.2. The summed E-state index contributed by atoms with van der Waals surface area (Å²) in [4.78, 5) is 17.8. The number of methoxy groups -OCH3 is 3. The molecule has 0 N–H and O–H groups in total. The highest BCUT2D eigenvalue weighted by atomic mass is 16.5. The molecule has 0 aromatic heterocycles. The summed E-state index contributed by atoms with van der Waals surface area (Å²) in [6.45, 7) is 6.19. The molecule has 1 aromatic rings. The molecule has 0 aliphatic carbocycles. The fourth-order valence-corrected chi connectivity index (χ4v) is 4.70. The van der Waals surface area contributed by atoms with Crippen LogP contribution in [0.25, 0.3) is 0 Å². The molecule has 2 heterocycles. The van der Waals surface area contributed by atoms with Gasteiger partial charge in [-0.2, -0.15) is 0 Å². The van der Waals surface area contributed by atoms with E-state index in [-0.39, 0.29) is 5.91 Å². The SMILES string of the molecule is COc1cc(C(=O)N2CCC[C@H](N3[C@H](C)CC[C@@H]3C)C2)cc(OC)c1OC. The molecule has 3 rings (SSSR count). The Morgan fingerprint density at radius 1 is 0.963 bits per heavy atom. The number of piperidine rings is 1. The van der Waals surface area contributed by atoms with Gasteiger partial charge < -0.3 is 19.1 Å². The van der Waals surface area contributed by atoms with Crippen LogP contribution >= 0.6 is 0 Å². The van der Waals surface area contributed by atoms with Crippen LogP contribution in [0, 0.1) is 0 Å². The zero-order valence-corrected chi connectivity index (χ0v) is 17.2. The molecule has 2 aliphatic rings. The molecule has 1 aromatic carbocycles. The Bertz CT molecular complexity index is 643. The van der Waals surface area contributed by atoms with E-state index in [1.165, 1.54) is 12.8 Å². The molecule has 1 amide bonds. The molecule has 6 nitrogen and oxygen atoms in total. The van der Waals surface area contributed by atoms with Crippen LogP contribution in [0.5, 0.6) is 17.2 Å². The van der Waals surface area contributed by atoms with Crippen LogP contribution in [0.1, 0.15) is 49.9 Å². The predicted molar refractivity (Wildman–Crippen MR) is 105 cm³/mol. The van der Waals surface area contributed by atoms with Crippen molar-refractivity contribution in [2.75, 3.05) is 34.4 Å². The second-order valence-electron chi connectivity index (χ2n) is 7.68. The third-order valence-corrected chi connectivity index (χ3v) is 6.04. The maximum Gasteiger partial charge on any atom is 0.254 e. The van der Waals surface area contributed by atoms with E-state index in [0.717, 1.165) is 25.9 Å². The smallest absolute Gasteiger partial charge is 0.254 e. The molecule has 2 fully saturated rings. The van der Waals surface area contributed by atoms with Crippen LogP contribution in [0.2, 0.25) is 0 Å². The highest BCUT2D eigenvalue weighted by Crippen LogP contribution is 2.39. The van der Waals surface area contributed by atoms with E-state index in [4.69, 9.17) is 14.2 Å². The molecule has 0 unspecified atom stereocenters. The van der Waals surface area contributed by atoms with Crippen LogP contribution in [-0.4, -0.2) is 68.3 Å². The van der Waals surface area contributed by atoms with Crippen molar-refractivity contribution in [2.24, 2.45) is 0 Å². The average molecular weight is 376 g/mol. The number of likely N-dealkylation sites (tertiary alicyclic amines) is 2. The summed E-state index contributed by atoms with van der Waals surface area (Å²) in [5, 5.41) is 0. The molecule has 0 spiro atoms. The monoisotopic (exact) mass is 376 g/mol. The number of carbonyl (C=O) groups is 1. The van der Waals surface area contributed by atoms with Gasteiger partial charge in [0, 0.05) is 36.8 Å². The molecular weight excluding hydrogens is 344 g/mol. The van der Waals surface area contributed by atoms with Gasteiger partial charge in [-0.3, -0.25) is 9.69 Å². The Labute approximate surface area is 162 Å². The third-order valence-electron chi connectivity index (χ3n) is 6.04. The number of hydrogen-bond donors (Lipinski definition) is 0. The molecule has 150 valence electrons. The Kier molecular flexibility index (Phi) is 6.15. The van der Waals surface area contributed by atoms with Crippen molar-refractivity contribution in [1.82, 2.24) is 9.80 Å². The van der Waals surface area contributed by atoms with E-state index >= 15 is 0 Å². The van der Waals surface area contributed by atoms with Gasteiger partial charge in [0.1, 0.15) is 0 Å². The normalized spacial score (nSPS) is 26.1. The summed E-state index contributed by atoms with van der Waals surface area (Å²) in [6.07, 6.45) is 4.70. The van der Waals surface area contributed by atoms with Crippen molar-refractivity contribution < 1.29 is 19.0 Å². The van der Waals surface area contributed by atoms with E-state index < -0.39 is 0 Å². The second-order valence-corrected chi connectivity index (χ2v) is 7.68. The number of benzene rings is 1. The quantitative estimate of drug-likeness (QED) is 0.790. The van der Waals surface area contributed by atoms with Crippen molar-refractivity contribution in [3.63, 3.8) is 0 Å². The van der Waals surface area contributed by atoms with Gasteiger partial charge in [0.15, 0.2) is 11.5 Å². The first-order valence-electron chi connectivity index (χ1n) is 9.86. The molecule has 0 saturated carbocycles. The molecular formula is C21H32N2O4. The lowest BCUT2D eigenvalue weighted by molar-refractivity contribution is 0.0486. The van der Waals surface area contributed by atoms with Gasteiger partial charge in [0.25, 0.3) is 5.91 Å². The topological polar surface area (TPSA) is 51.2 Å². The lowest BCUT2D eigenvalue weighted by Gasteiger charge is -2.41. The number of hydrogen-bond acceptors (Lipinski definition) is 5. The highest BCUT2D eigenvalue weighted by molar-refractivity contribution is 5.95. The van der Waals surface area contributed by atoms with Crippen molar-refractivity contribution >= 4 is 5.91 Å². The van der Waals surface area contributed by atoms with Crippen molar-refractivity contribution in [1.29, 1.82) is 0 Å². The lowest BCUT2D eigenvalue weighted by atomic mass is 10.0. The molecule has 6 heteroatoms. The van der Waals surface area contributed by atoms with Gasteiger partial charge in [-0.25, -0.2) is 0 Å². The number of amides is 1. The zero-order valence-electron chi connectivity index (χ0n) is 17.2. The van der Waals surface area contributed by atoms with Gasteiger partial charge in [0.05, 0.1) is 21.3 Å². The largest absolute Gasteiger partial charge is 0.493 e. The molecule has 0 bridgehead atoms.